The van der Waals surface area contributed by atoms with Gasteiger partial charge in [0.05, 0.1) is 0 Å². The highest BCUT2D eigenvalue weighted by Crippen LogP contribution is 2.46. The van der Waals surface area contributed by atoms with Crippen molar-refractivity contribution in [3.63, 3.8) is 0 Å². The van der Waals surface area contributed by atoms with E-state index in [0.29, 0.717) is 30.9 Å². The van der Waals surface area contributed by atoms with Crippen LogP contribution in [-0.4, -0.2) is 59.7 Å². The highest BCUT2D eigenvalue weighted by atomic mass is 16.2. The number of likely N-dealkylation sites (N-methyl/N-ethyl adjacent to an activating group) is 1. The van der Waals surface area contributed by atoms with E-state index < -0.39 is 11.6 Å². The Balaban J connectivity index is 1.65. The summed E-state index contributed by atoms with van der Waals surface area (Å²) in [6.07, 6.45) is 2.17. The van der Waals surface area contributed by atoms with Gasteiger partial charge in [-0.3, -0.25) is 19.3 Å². The van der Waals surface area contributed by atoms with Gasteiger partial charge in [-0.2, -0.15) is 0 Å². The lowest BCUT2D eigenvalue weighted by atomic mass is 9.64. The number of carbonyl (C=O) groups excluding carboxylic acids is 4. The molecule has 1 aromatic rings. The van der Waals surface area contributed by atoms with E-state index in [1.165, 1.54) is 4.90 Å². The van der Waals surface area contributed by atoms with Gasteiger partial charge in [-0.05, 0) is 48.3 Å². The van der Waals surface area contributed by atoms with Gasteiger partial charge < -0.3 is 15.5 Å². The fourth-order valence-corrected chi connectivity index (χ4v) is 5.17. The molecule has 1 saturated carbocycles. The number of amides is 5. The van der Waals surface area contributed by atoms with E-state index in [-0.39, 0.29) is 29.7 Å². The summed E-state index contributed by atoms with van der Waals surface area (Å²) < 4.78 is 0. The smallest absolute Gasteiger partial charge is 0.325 e. The summed E-state index contributed by atoms with van der Waals surface area (Å²) in [6, 6.07) is 6.45. The maximum absolute atomic E-state index is 13.2. The van der Waals surface area contributed by atoms with Crippen LogP contribution in [-0.2, 0) is 16.1 Å². The van der Waals surface area contributed by atoms with E-state index in [9.17, 15) is 19.2 Å². The number of nitrogens with zero attached hydrogens (tertiary/aromatic N) is 2. The number of nitrogens with one attached hydrogen (secondary N) is 2. The predicted molar refractivity (Wildman–Crippen MR) is 116 cm³/mol. The standard InChI is InChI=1S/C23H32N4O4/c1-15-10-22(2,3)14-23(11-15)20(30)27(21(31)25-23)13-18(28)26(5)12-16-6-8-17(9-7-16)19(29)24-4/h6-9,15H,10-14H2,1-5H3,(H,24,29)(H,25,31)/t15-,23-/m0/s1. The van der Waals surface area contributed by atoms with Crippen LogP contribution in [0.5, 0.6) is 0 Å². The molecule has 8 heteroatoms. The van der Waals surface area contributed by atoms with Crippen LogP contribution in [0.15, 0.2) is 24.3 Å². The fourth-order valence-electron chi connectivity index (χ4n) is 5.17. The lowest BCUT2D eigenvalue weighted by Gasteiger charge is -2.43. The Kier molecular flexibility index (Phi) is 6.11. The molecule has 5 amide bonds. The van der Waals surface area contributed by atoms with Crippen molar-refractivity contribution in [2.45, 2.75) is 52.1 Å². The monoisotopic (exact) mass is 428 g/mol. The molecule has 2 atom stereocenters. The molecule has 2 fully saturated rings. The maximum Gasteiger partial charge on any atom is 0.325 e. The van der Waals surface area contributed by atoms with E-state index in [1.807, 2.05) is 0 Å². The summed E-state index contributed by atoms with van der Waals surface area (Å²) in [5.41, 5.74) is 0.417. The summed E-state index contributed by atoms with van der Waals surface area (Å²) in [6.45, 7) is 6.35. The molecule has 168 valence electrons. The van der Waals surface area contributed by atoms with Crippen LogP contribution in [0.3, 0.4) is 0 Å². The van der Waals surface area contributed by atoms with Crippen molar-refractivity contribution >= 4 is 23.8 Å². The Morgan fingerprint density at radius 3 is 2.42 bits per heavy atom. The molecule has 1 heterocycles. The van der Waals surface area contributed by atoms with Crippen molar-refractivity contribution in [1.29, 1.82) is 0 Å². The molecule has 0 radical (unpaired) electrons. The Labute approximate surface area is 183 Å². The molecule has 1 spiro atoms. The predicted octanol–water partition coefficient (Wildman–Crippen LogP) is 2.14. The molecule has 1 saturated heterocycles. The average molecular weight is 429 g/mol. The van der Waals surface area contributed by atoms with E-state index in [2.05, 4.69) is 31.4 Å². The van der Waals surface area contributed by atoms with Gasteiger partial charge in [0.15, 0.2) is 0 Å². The van der Waals surface area contributed by atoms with Crippen molar-refractivity contribution in [2.24, 2.45) is 11.3 Å². The van der Waals surface area contributed by atoms with Gasteiger partial charge >= 0.3 is 6.03 Å². The molecule has 8 nitrogen and oxygen atoms in total. The third-order valence-electron chi connectivity index (χ3n) is 6.21. The average Bonchev–Trinajstić information content (AvgIpc) is 2.89. The summed E-state index contributed by atoms with van der Waals surface area (Å²) in [5, 5.41) is 5.46. The van der Waals surface area contributed by atoms with E-state index in [0.717, 1.165) is 16.9 Å². The van der Waals surface area contributed by atoms with Gasteiger partial charge in [0.1, 0.15) is 12.1 Å². The van der Waals surface area contributed by atoms with Crippen LogP contribution in [0.2, 0.25) is 0 Å². The van der Waals surface area contributed by atoms with Crippen molar-refractivity contribution in [2.75, 3.05) is 20.6 Å². The van der Waals surface area contributed by atoms with Crippen molar-refractivity contribution in [1.82, 2.24) is 20.4 Å². The first-order chi connectivity index (χ1) is 14.5. The van der Waals surface area contributed by atoms with Crippen LogP contribution in [0.25, 0.3) is 0 Å². The van der Waals surface area contributed by atoms with Crippen molar-refractivity contribution in [3.05, 3.63) is 35.4 Å². The minimum atomic E-state index is -0.910. The van der Waals surface area contributed by atoms with Crippen LogP contribution in [0.4, 0.5) is 4.79 Å². The van der Waals surface area contributed by atoms with E-state index >= 15 is 0 Å². The van der Waals surface area contributed by atoms with Crippen molar-refractivity contribution < 1.29 is 19.2 Å². The second-order valence-electron chi connectivity index (χ2n) is 9.78. The molecular formula is C23H32N4O4. The van der Waals surface area contributed by atoms with Gasteiger partial charge in [0.25, 0.3) is 11.8 Å². The lowest BCUT2D eigenvalue weighted by Crippen LogP contribution is -2.54. The number of benzene rings is 1. The molecule has 0 aromatic heterocycles. The number of hydrogen-bond acceptors (Lipinski definition) is 4. The SMILES string of the molecule is CNC(=O)c1ccc(CN(C)C(=O)CN2C(=O)N[C@]3(C[C@@H](C)CC(C)(C)C3)C2=O)cc1. The third kappa shape index (κ3) is 4.73. The topological polar surface area (TPSA) is 98.8 Å². The zero-order chi connectivity index (χ0) is 23.0. The van der Waals surface area contributed by atoms with Crippen LogP contribution in [0.1, 0.15) is 56.0 Å². The molecule has 2 aliphatic rings. The zero-order valence-corrected chi connectivity index (χ0v) is 18.9. The second kappa shape index (κ2) is 8.32. The summed E-state index contributed by atoms with van der Waals surface area (Å²) >= 11 is 0. The highest BCUT2D eigenvalue weighted by molar-refractivity contribution is 6.09. The summed E-state index contributed by atoms with van der Waals surface area (Å²) in [5.74, 6) is -0.486. The number of imide groups is 1. The molecule has 1 aromatic carbocycles. The summed E-state index contributed by atoms with van der Waals surface area (Å²) in [4.78, 5) is 52.8. The number of rotatable bonds is 5. The third-order valence-corrected chi connectivity index (χ3v) is 6.21. The quantitative estimate of drug-likeness (QED) is 0.702. The zero-order valence-electron chi connectivity index (χ0n) is 18.9. The molecule has 0 unspecified atom stereocenters. The fraction of sp³-hybridized carbons (Fsp3) is 0.565. The Morgan fingerprint density at radius 2 is 1.84 bits per heavy atom. The van der Waals surface area contributed by atoms with Gasteiger partial charge in [-0.25, -0.2) is 4.79 Å². The van der Waals surface area contributed by atoms with Gasteiger partial charge in [-0.15, -0.1) is 0 Å². The lowest BCUT2D eigenvalue weighted by molar-refractivity contribution is -0.140. The first-order valence-corrected chi connectivity index (χ1v) is 10.7. The molecule has 2 N–H and O–H groups in total. The van der Waals surface area contributed by atoms with Gasteiger partial charge in [-0.1, -0.05) is 32.9 Å². The van der Waals surface area contributed by atoms with Crippen LogP contribution in [0, 0.1) is 11.3 Å². The molecule has 1 aliphatic heterocycles. The number of carbonyl (C=O) groups is 4. The molecular weight excluding hydrogens is 396 g/mol. The van der Waals surface area contributed by atoms with Gasteiger partial charge in [0.2, 0.25) is 5.91 Å². The Bertz CT molecular complexity index is 895. The Morgan fingerprint density at radius 1 is 1.19 bits per heavy atom. The summed E-state index contributed by atoms with van der Waals surface area (Å²) in [7, 11) is 3.20. The molecule has 1 aliphatic carbocycles. The van der Waals surface area contributed by atoms with E-state index in [4.69, 9.17) is 0 Å². The number of urea groups is 1. The highest BCUT2D eigenvalue weighted by Gasteiger charge is 2.56. The largest absolute Gasteiger partial charge is 0.355 e. The van der Waals surface area contributed by atoms with Gasteiger partial charge in [0, 0.05) is 26.2 Å². The first kappa shape index (κ1) is 22.8. The number of hydrogen-bond donors (Lipinski definition) is 2. The molecule has 0 bridgehead atoms. The Hall–Kier alpha value is -2.90. The molecule has 31 heavy (non-hydrogen) atoms. The maximum atomic E-state index is 13.2. The minimum absolute atomic E-state index is 0.0573. The first-order valence-electron chi connectivity index (χ1n) is 10.7. The normalized spacial score (nSPS) is 24.8. The van der Waals surface area contributed by atoms with Crippen molar-refractivity contribution in [3.8, 4) is 0 Å². The second-order valence-corrected chi connectivity index (χ2v) is 9.78. The van der Waals surface area contributed by atoms with E-state index in [1.54, 1.807) is 38.4 Å². The minimum Gasteiger partial charge on any atom is -0.355 e. The molecule has 3 rings (SSSR count). The van der Waals surface area contributed by atoms with Crippen LogP contribution >= 0.6 is 0 Å². The van der Waals surface area contributed by atoms with Crippen LogP contribution < -0.4 is 10.6 Å².